The molecular weight excluding hydrogens is 282 g/mol. The smallest absolute Gasteiger partial charge is 0.147 e. The molecule has 3 heteroatoms. The van der Waals surface area contributed by atoms with Crippen LogP contribution >= 0.6 is 11.6 Å². The first-order valence-corrected chi connectivity index (χ1v) is 7.44. The average molecular weight is 296 g/mol. The third-order valence-electron chi connectivity index (χ3n) is 3.94. The van der Waals surface area contributed by atoms with E-state index in [0.717, 1.165) is 32.8 Å². The van der Waals surface area contributed by atoms with Crippen molar-refractivity contribution in [1.82, 2.24) is 4.98 Å². The summed E-state index contributed by atoms with van der Waals surface area (Å²) in [5, 5.41) is 3.46. The minimum atomic E-state index is 0.396. The Labute approximate surface area is 127 Å². The first-order chi connectivity index (χ1) is 10.2. The van der Waals surface area contributed by atoms with Crippen LogP contribution in [-0.4, -0.2) is 4.98 Å². The Balaban J connectivity index is 2.28. The third kappa shape index (κ3) is 1.76. The van der Waals surface area contributed by atoms with Crippen LogP contribution in [0.1, 0.15) is 25.3 Å². The summed E-state index contributed by atoms with van der Waals surface area (Å²) >= 11 is 6.42. The van der Waals surface area contributed by atoms with Gasteiger partial charge in [0.25, 0.3) is 0 Å². The lowest BCUT2D eigenvalue weighted by atomic mass is 10.0. The molecule has 0 saturated heterocycles. The molecule has 2 aromatic carbocycles. The number of pyridine rings is 1. The van der Waals surface area contributed by atoms with E-state index in [-0.39, 0.29) is 0 Å². The quantitative estimate of drug-likeness (QED) is 0.408. The van der Waals surface area contributed by atoms with E-state index in [1.165, 1.54) is 5.56 Å². The zero-order valence-corrected chi connectivity index (χ0v) is 12.6. The molecule has 4 aromatic rings. The number of para-hydroxylation sites is 2. The second-order valence-electron chi connectivity index (χ2n) is 5.60. The fourth-order valence-corrected chi connectivity index (χ4v) is 3.19. The number of rotatable bonds is 1. The summed E-state index contributed by atoms with van der Waals surface area (Å²) in [4.78, 5) is 4.51. The molecule has 0 N–H and O–H groups in total. The molecule has 0 aliphatic heterocycles. The predicted octanol–water partition coefficient (Wildman–Crippen LogP) is 5.91. The highest BCUT2D eigenvalue weighted by atomic mass is 35.5. The Hall–Kier alpha value is -2.06. The number of benzene rings is 2. The van der Waals surface area contributed by atoms with Crippen molar-refractivity contribution in [3.63, 3.8) is 0 Å². The highest BCUT2D eigenvalue weighted by molar-refractivity contribution is 6.38. The van der Waals surface area contributed by atoms with Crippen LogP contribution in [0.2, 0.25) is 5.15 Å². The standard InChI is InChI=1S/C18H14ClNO/c1-10(2)11-7-5-8-13-15-17(21-16(11)13)12-6-3-4-9-14(12)20-18(15)19/h3-10H,1-2H3. The van der Waals surface area contributed by atoms with Crippen LogP contribution in [0.15, 0.2) is 46.9 Å². The lowest BCUT2D eigenvalue weighted by Gasteiger charge is -2.04. The Bertz CT molecular complexity index is 985. The number of halogens is 1. The van der Waals surface area contributed by atoms with Crippen LogP contribution in [0.3, 0.4) is 0 Å². The summed E-state index contributed by atoms with van der Waals surface area (Å²) < 4.78 is 6.21. The summed E-state index contributed by atoms with van der Waals surface area (Å²) in [5.74, 6) is 0.396. The highest BCUT2D eigenvalue weighted by Gasteiger charge is 2.17. The van der Waals surface area contributed by atoms with E-state index < -0.39 is 0 Å². The summed E-state index contributed by atoms with van der Waals surface area (Å²) in [6.45, 7) is 4.33. The maximum absolute atomic E-state index is 6.42. The molecule has 0 amide bonds. The van der Waals surface area contributed by atoms with Crippen molar-refractivity contribution in [2.75, 3.05) is 0 Å². The number of hydrogen-bond acceptors (Lipinski definition) is 2. The average Bonchev–Trinajstić information content (AvgIpc) is 2.87. The molecule has 0 bridgehead atoms. The number of nitrogens with zero attached hydrogens (tertiary/aromatic N) is 1. The molecule has 21 heavy (non-hydrogen) atoms. The summed E-state index contributed by atoms with van der Waals surface area (Å²) in [5.41, 5.74) is 3.81. The number of furan rings is 1. The normalized spacial score (nSPS) is 12.0. The van der Waals surface area contributed by atoms with Crippen molar-refractivity contribution in [3.8, 4) is 0 Å². The zero-order chi connectivity index (χ0) is 14.6. The maximum atomic E-state index is 6.42. The largest absolute Gasteiger partial charge is 0.455 e. The SMILES string of the molecule is CC(C)c1cccc2c1oc1c3ccccc3nc(Cl)c21. The van der Waals surface area contributed by atoms with Gasteiger partial charge in [0.2, 0.25) is 0 Å². The van der Waals surface area contributed by atoms with Gasteiger partial charge < -0.3 is 4.42 Å². The predicted molar refractivity (Wildman–Crippen MR) is 88.1 cm³/mol. The summed E-state index contributed by atoms with van der Waals surface area (Å²) in [6, 6.07) is 14.1. The van der Waals surface area contributed by atoms with Crippen molar-refractivity contribution in [1.29, 1.82) is 0 Å². The van der Waals surface area contributed by atoms with Gasteiger partial charge in [0.15, 0.2) is 0 Å². The van der Waals surface area contributed by atoms with Crippen molar-refractivity contribution in [3.05, 3.63) is 53.2 Å². The van der Waals surface area contributed by atoms with Gasteiger partial charge in [-0.05, 0) is 23.6 Å². The first-order valence-electron chi connectivity index (χ1n) is 7.06. The minimum Gasteiger partial charge on any atom is -0.455 e. The molecule has 104 valence electrons. The van der Waals surface area contributed by atoms with Crippen molar-refractivity contribution < 1.29 is 4.42 Å². The second kappa shape index (κ2) is 4.47. The van der Waals surface area contributed by atoms with E-state index in [4.69, 9.17) is 16.0 Å². The minimum absolute atomic E-state index is 0.396. The molecule has 4 rings (SSSR count). The first kappa shape index (κ1) is 12.7. The van der Waals surface area contributed by atoms with Gasteiger partial charge in [-0.25, -0.2) is 4.98 Å². The molecule has 2 heterocycles. The zero-order valence-electron chi connectivity index (χ0n) is 11.9. The Morgan fingerprint density at radius 2 is 1.71 bits per heavy atom. The van der Waals surface area contributed by atoms with Gasteiger partial charge in [-0.15, -0.1) is 0 Å². The van der Waals surface area contributed by atoms with Crippen LogP contribution in [0.4, 0.5) is 0 Å². The molecule has 0 atom stereocenters. The van der Waals surface area contributed by atoms with E-state index in [2.05, 4.69) is 37.0 Å². The number of fused-ring (bicyclic) bond motifs is 5. The van der Waals surface area contributed by atoms with Gasteiger partial charge in [0.1, 0.15) is 16.3 Å². The summed E-state index contributed by atoms with van der Waals surface area (Å²) in [7, 11) is 0. The Morgan fingerprint density at radius 1 is 0.952 bits per heavy atom. The van der Waals surface area contributed by atoms with E-state index in [1.54, 1.807) is 0 Å². The third-order valence-corrected chi connectivity index (χ3v) is 4.22. The Morgan fingerprint density at radius 3 is 2.52 bits per heavy atom. The van der Waals surface area contributed by atoms with Gasteiger partial charge in [0.05, 0.1) is 10.9 Å². The van der Waals surface area contributed by atoms with Gasteiger partial charge in [0, 0.05) is 10.8 Å². The van der Waals surface area contributed by atoms with Gasteiger partial charge >= 0.3 is 0 Å². The highest BCUT2D eigenvalue weighted by Crippen LogP contribution is 2.39. The topological polar surface area (TPSA) is 26.0 Å². The van der Waals surface area contributed by atoms with Crippen molar-refractivity contribution in [2.45, 2.75) is 19.8 Å². The molecule has 0 fully saturated rings. The van der Waals surface area contributed by atoms with Crippen LogP contribution in [0, 0.1) is 0 Å². The second-order valence-corrected chi connectivity index (χ2v) is 5.96. The molecule has 2 aromatic heterocycles. The van der Waals surface area contributed by atoms with E-state index >= 15 is 0 Å². The van der Waals surface area contributed by atoms with Crippen LogP contribution in [-0.2, 0) is 0 Å². The van der Waals surface area contributed by atoms with Crippen molar-refractivity contribution >= 4 is 44.4 Å². The molecule has 0 saturated carbocycles. The number of aromatic nitrogens is 1. The van der Waals surface area contributed by atoms with Crippen LogP contribution in [0.25, 0.3) is 32.8 Å². The molecular formula is C18H14ClNO. The molecule has 2 nitrogen and oxygen atoms in total. The van der Waals surface area contributed by atoms with E-state index in [0.29, 0.717) is 11.1 Å². The molecule has 0 aliphatic rings. The lowest BCUT2D eigenvalue weighted by Crippen LogP contribution is -1.86. The Kier molecular flexibility index (Phi) is 2.69. The van der Waals surface area contributed by atoms with Gasteiger partial charge in [-0.3, -0.25) is 0 Å². The molecule has 0 radical (unpaired) electrons. The fraction of sp³-hybridized carbons (Fsp3) is 0.167. The van der Waals surface area contributed by atoms with Crippen LogP contribution < -0.4 is 0 Å². The van der Waals surface area contributed by atoms with E-state index in [9.17, 15) is 0 Å². The van der Waals surface area contributed by atoms with E-state index in [1.807, 2.05) is 24.3 Å². The lowest BCUT2D eigenvalue weighted by molar-refractivity contribution is 0.660. The summed E-state index contributed by atoms with van der Waals surface area (Å²) in [6.07, 6.45) is 0. The fourth-order valence-electron chi connectivity index (χ4n) is 2.91. The molecule has 0 spiro atoms. The maximum Gasteiger partial charge on any atom is 0.147 e. The monoisotopic (exact) mass is 295 g/mol. The molecule has 0 aliphatic carbocycles. The number of hydrogen-bond donors (Lipinski definition) is 0. The van der Waals surface area contributed by atoms with Crippen LogP contribution in [0.5, 0.6) is 0 Å². The van der Waals surface area contributed by atoms with Gasteiger partial charge in [-0.1, -0.05) is 55.8 Å². The molecule has 0 unspecified atom stereocenters. The van der Waals surface area contributed by atoms with Crippen molar-refractivity contribution in [2.24, 2.45) is 0 Å². The van der Waals surface area contributed by atoms with Gasteiger partial charge in [-0.2, -0.15) is 0 Å².